The van der Waals surface area contributed by atoms with Crippen LogP contribution in [0.25, 0.3) is 27.6 Å². The van der Waals surface area contributed by atoms with Gasteiger partial charge in [-0.15, -0.1) is 0 Å². The first-order valence-electron chi connectivity index (χ1n) is 14.2. The molecule has 2 aromatic carbocycles. The summed E-state index contributed by atoms with van der Waals surface area (Å²) in [5.41, 5.74) is 9.39. The van der Waals surface area contributed by atoms with Gasteiger partial charge in [0.25, 0.3) is 0 Å². The fourth-order valence-corrected chi connectivity index (χ4v) is 5.89. The summed E-state index contributed by atoms with van der Waals surface area (Å²) < 4.78 is 35.7. The molecule has 1 aliphatic heterocycles. The summed E-state index contributed by atoms with van der Waals surface area (Å²) in [6.45, 7) is 5.61. The molecule has 1 aliphatic carbocycles. The van der Waals surface area contributed by atoms with Crippen LogP contribution < -0.4 is 11.6 Å². The maximum atomic E-state index is 16.2. The van der Waals surface area contributed by atoms with E-state index in [0.717, 1.165) is 47.7 Å². The highest BCUT2D eigenvalue weighted by Crippen LogP contribution is 2.47. The van der Waals surface area contributed by atoms with E-state index < -0.39 is 5.60 Å². The molecule has 0 bridgehead atoms. The fourth-order valence-electron chi connectivity index (χ4n) is 5.89. The quantitative estimate of drug-likeness (QED) is 0.207. The highest BCUT2D eigenvalue weighted by Gasteiger charge is 2.43. The van der Waals surface area contributed by atoms with Gasteiger partial charge in [0.05, 0.1) is 27.8 Å². The van der Waals surface area contributed by atoms with E-state index in [1.807, 2.05) is 16.7 Å². The lowest BCUT2D eigenvalue weighted by Gasteiger charge is -2.26. The molecule has 1 saturated carbocycles. The molecule has 3 heterocycles. The number of rotatable bonds is 6. The number of hydrazine groups is 1. The van der Waals surface area contributed by atoms with Crippen LogP contribution in [0.4, 0.5) is 8.78 Å². The number of hydrogen-bond acceptors (Lipinski definition) is 6. The van der Waals surface area contributed by atoms with Gasteiger partial charge in [-0.3, -0.25) is 4.98 Å². The average molecular weight is 564 g/mol. The SMILES string of the molecule is C/C(N)=C(\c1cnc2c3ccc(C(C)(O)C4CC4)c(F)c3n(CC3CCOCC3)c2c1)N(C)N.Fc1ccccc1. The van der Waals surface area contributed by atoms with Crippen LogP contribution in [-0.4, -0.2) is 39.9 Å². The van der Waals surface area contributed by atoms with Crippen LogP contribution >= 0.6 is 0 Å². The monoisotopic (exact) mass is 563 g/mol. The van der Waals surface area contributed by atoms with Crippen LogP contribution in [0.5, 0.6) is 0 Å². The number of aromatic nitrogens is 2. The molecule has 2 aliphatic rings. The number of benzene rings is 2. The lowest BCUT2D eigenvalue weighted by molar-refractivity contribution is 0.0297. The van der Waals surface area contributed by atoms with Crippen LogP contribution in [0.15, 0.2) is 60.4 Å². The maximum Gasteiger partial charge on any atom is 0.153 e. The molecule has 218 valence electrons. The minimum absolute atomic E-state index is 0.0952. The topological polar surface area (TPSA) is 103 Å². The molecule has 6 rings (SSSR count). The molecule has 0 amide bonds. The van der Waals surface area contributed by atoms with Crippen molar-refractivity contribution >= 4 is 27.6 Å². The number of ether oxygens (including phenoxy) is 1. The van der Waals surface area contributed by atoms with Crippen molar-refractivity contribution in [2.45, 2.75) is 51.7 Å². The van der Waals surface area contributed by atoms with Crippen molar-refractivity contribution in [3.63, 3.8) is 0 Å². The summed E-state index contributed by atoms with van der Waals surface area (Å²) in [5.74, 6) is 5.99. The van der Waals surface area contributed by atoms with Crippen molar-refractivity contribution in [1.82, 2.24) is 14.6 Å². The van der Waals surface area contributed by atoms with E-state index in [0.29, 0.717) is 48.2 Å². The van der Waals surface area contributed by atoms with Crippen molar-refractivity contribution in [2.24, 2.45) is 23.4 Å². The van der Waals surface area contributed by atoms with Gasteiger partial charge in [0, 0.05) is 55.2 Å². The van der Waals surface area contributed by atoms with Gasteiger partial charge in [0.2, 0.25) is 0 Å². The van der Waals surface area contributed by atoms with Crippen molar-refractivity contribution < 1.29 is 18.6 Å². The third-order valence-electron chi connectivity index (χ3n) is 8.23. The molecule has 2 aromatic heterocycles. The summed E-state index contributed by atoms with van der Waals surface area (Å²) in [4.78, 5) is 4.74. The van der Waals surface area contributed by atoms with Gasteiger partial charge in [0.15, 0.2) is 5.82 Å². The van der Waals surface area contributed by atoms with E-state index >= 15 is 4.39 Å². The number of fused-ring (bicyclic) bond motifs is 3. The number of hydrogen-bond donors (Lipinski definition) is 3. The van der Waals surface area contributed by atoms with Crippen molar-refractivity contribution in [2.75, 3.05) is 20.3 Å². The smallest absolute Gasteiger partial charge is 0.153 e. The second kappa shape index (κ2) is 11.8. The number of pyridine rings is 1. The van der Waals surface area contributed by atoms with E-state index in [-0.39, 0.29) is 17.6 Å². The Hall–Kier alpha value is -3.53. The Morgan fingerprint density at radius 3 is 2.37 bits per heavy atom. The van der Waals surface area contributed by atoms with Gasteiger partial charge in [-0.1, -0.05) is 30.3 Å². The van der Waals surface area contributed by atoms with Gasteiger partial charge >= 0.3 is 0 Å². The van der Waals surface area contributed by atoms with Gasteiger partial charge in [-0.2, -0.15) is 0 Å². The summed E-state index contributed by atoms with van der Waals surface area (Å²) in [6.07, 6.45) is 5.42. The Labute approximate surface area is 239 Å². The maximum absolute atomic E-state index is 16.2. The number of allylic oxidation sites excluding steroid dienone is 1. The highest BCUT2D eigenvalue weighted by atomic mass is 19.1. The zero-order valence-electron chi connectivity index (χ0n) is 23.9. The molecule has 4 aromatic rings. The van der Waals surface area contributed by atoms with E-state index in [1.165, 1.54) is 17.1 Å². The van der Waals surface area contributed by atoms with Gasteiger partial charge in [0.1, 0.15) is 5.82 Å². The minimum Gasteiger partial charge on any atom is -0.401 e. The van der Waals surface area contributed by atoms with Crippen LogP contribution in [0.2, 0.25) is 0 Å². The molecule has 1 atom stereocenters. The molecule has 0 spiro atoms. The molecular weight excluding hydrogens is 524 g/mol. The lowest BCUT2D eigenvalue weighted by atomic mass is 9.89. The average Bonchev–Trinajstić information content (AvgIpc) is 3.75. The van der Waals surface area contributed by atoms with E-state index in [2.05, 4.69) is 0 Å². The van der Waals surface area contributed by atoms with Crippen LogP contribution in [0, 0.1) is 23.5 Å². The normalized spacial score (nSPS) is 18.0. The third-order valence-corrected chi connectivity index (χ3v) is 8.23. The Morgan fingerprint density at radius 1 is 1.12 bits per heavy atom. The van der Waals surface area contributed by atoms with Crippen LogP contribution in [0.1, 0.15) is 50.7 Å². The molecule has 9 heteroatoms. The summed E-state index contributed by atoms with van der Waals surface area (Å²) in [5, 5.41) is 13.4. The summed E-state index contributed by atoms with van der Waals surface area (Å²) in [6, 6.07) is 13.6. The molecule has 0 radical (unpaired) electrons. The van der Waals surface area contributed by atoms with Gasteiger partial charge in [-0.25, -0.2) is 14.6 Å². The first kappa shape index (κ1) is 29.0. The Bertz CT molecular complexity index is 1550. The van der Waals surface area contributed by atoms with E-state index in [1.54, 1.807) is 51.4 Å². The first-order valence-corrected chi connectivity index (χ1v) is 14.2. The third kappa shape index (κ3) is 5.93. The first-order chi connectivity index (χ1) is 19.6. The molecular formula is C32H39F2N5O2. The fraction of sp³-hybridized carbons (Fsp3) is 0.406. The minimum atomic E-state index is -1.19. The summed E-state index contributed by atoms with van der Waals surface area (Å²) in [7, 11) is 1.74. The Morgan fingerprint density at radius 2 is 1.80 bits per heavy atom. The molecule has 1 saturated heterocycles. The lowest BCUT2D eigenvalue weighted by Crippen LogP contribution is -2.26. The van der Waals surface area contributed by atoms with Crippen molar-refractivity contribution in [1.29, 1.82) is 0 Å². The highest BCUT2D eigenvalue weighted by molar-refractivity contribution is 6.06. The van der Waals surface area contributed by atoms with Crippen molar-refractivity contribution in [3.05, 3.63) is 83.2 Å². The standard InChI is InChI=1S/C26H34FN5O2.C6H5F/c1-15(28)24(31(3)29)17-12-21-23(30-13-17)19-6-7-20(26(2,33)18-4-5-18)22(27)25(19)32(21)14-16-8-10-34-11-9-16;7-6-4-2-1-3-5-6/h6-7,12-13,16,18,33H,4-5,8-11,14,28-29H2,1-3H3;1-5H/b24-15-;. The predicted molar refractivity (Wildman–Crippen MR) is 158 cm³/mol. The van der Waals surface area contributed by atoms with E-state index in [4.69, 9.17) is 21.3 Å². The zero-order chi connectivity index (χ0) is 29.3. The van der Waals surface area contributed by atoms with Crippen molar-refractivity contribution in [3.8, 4) is 0 Å². The largest absolute Gasteiger partial charge is 0.401 e. The predicted octanol–water partition coefficient (Wildman–Crippen LogP) is 5.65. The summed E-state index contributed by atoms with van der Waals surface area (Å²) >= 11 is 0. The number of halogens is 2. The number of aliphatic hydroxyl groups is 1. The van der Waals surface area contributed by atoms with E-state index in [9.17, 15) is 9.50 Å². The Balaban J connectivity index is 0.000000423. The number of nitrogens with zero attached hydrogens (tertiary/aromatic N) is 3. The Kier molecular flexibility index (Phi) is 8.31. The molecule has 41 heavy (non-hydrogen) atoms. The molecule has 7 nitrogen and oxygen atoms in total. The second-order valence-electron chi connectivity index (χ2n) is 11.4. The van der Waals surface area contributed by atoms with Crippen LogP contribution in [-0.2, 0) is 16.9 Å². The molecule has 1 unspecified atom stereocenters. The van der Waals surface area contributed by atoms with Crippen LogP contribution in [0.3, 0.4) is 0 Å². The van der Waals surface area contributed by atoms with Gasteiger partial charge in [-0.05, 0) is 69.6 Å². The van der Waals surface area contributed by atoms with Gasteiger partial charge < -0.3 is 25.2 Å². The molecule has 5 N–H and O–H groups in total. The molecule has 2 fully saturated rings. The zero-order valence-corrected chi connectivity index (χ0v) is 23.9. The second-order valence-corrected chi connectivity index (χ2v) is 11.4. The number of nitrogens with two attached hydrogens (primary N) is 2.